The number of fused-ring (bicyclic) bond motifs is 1. The standard InChI is InChI=1S/C13H10FN3OS/c14-10-5-9(2-1-8(10)6-15)18-13-12-11(3-4-19-12)16-7-17-13/h1-5,7H,6,15H2. The molecule has 3 aromatic rings. The Morgan fingerprint density at radius 3 is 2.95 bits per heavy atom. The van der Waals surface area contributed by atoms with Gasteiger partial charge in [-0.25, -0.2) is 14.4 Å². The first-order valence-corrected chi connectivity index (χ1v) is 6.50. The Bertz CT molecular complexity index is 729. The van der Waals surface area contributed by atoms with Crippen LogP contribution in [0, 0.1) is 5.82 Å². The third-order valence-corrected chi connectivity index (χ3v) is 3.56. The molecule has 0 fully saturated rings. The molecule has 0 amide bonds. The number of hydrogen-bond acceptors (Lipinski definition) is 5. The highest BCUT2D eigenvalue weighted by atomic mass is 32.1. The topological polar surface area (TPSA) is 61.0 Å². The molecule has 0 atom stereocenters. The fourth-order valence-corrected chi connectivity index (χ4v) is 2.48. The highest BCUT2D eigenvalue weighted by Crippen LogP contribution is 2.30. The van der Waals surface area contributed by atoms with Crippen LogP contribution in [0.2, 0.25) is 0 Å². The minimum absolute atomic E-state index is 0.161. The molecule has 0 saturated carbocycles. The summed E-state index contributed by atoms with van der Waals surface area (Å²) in [5, 5.41) is 1.91. The van der Waals surface area contributed by atoms with E-state index in [1.54, 1.807) is 12.1 Å². The maximum atomic E-state index is 13.6. The zero-order chi connectivity index (χ0) is 13.2. The lowest BCUT2D eigenvalue weighted by atomic mass is 10.2. The van der Waals surface area contributed by atoms with Gasteiger partial charge in [0.1, 0.15) is 22.6 Å². The van der Waals surface area contributed by atoms with Crippen molar-refractivity contribution >= 4 is 21.6 Å². The summed E-state index contributed by atoms with van der Waals surface area (Å²) in [6.45, 7) is 0.161. The van der Waals surface area contributed by atoms with E-state index in [4.69, 9.17) is 10.5 Å². The molecular weight excluding hydrogens is 265 g/mol. The quantitative estimate of drug-likeness (QED) is 0.798. The van der Waals surface area contributed by atoms with Crippen molar-refractivity contribution < 1.29 is 9.13 Å². The molecule has 0 bridgehead atoms. The Morgan fingerprint density at radius 1 is 1.26 bits per heavy atom. The number of hydrogen-bond donors (Lipinski definition) is 1. The van der Waals surface area contributed by atoms with Crippen molar-refractivity contribution in [2.45, 2.75) is 6.54 Å². The van der Waals surface area contributed by atoms with E-state index >= 15 is 0 Å². The molecular formula is C13H10FN3OS. The van der Waals surface area contributed by atoms with Gasteiger partial charge in [-0.2, -0.15) is 0 Å². The van der Waals surface area contributed by atoms with Crippen molar-refractivity contribution in [3.8, 4) is 11.6 Å². The Kier molecular flexibility index (Phi) is 3.10. The zero-order valence-corrected chi connectivity index (χ0v) is 10.7. The number of nitrogens with two attached hydrogens (primary N) is 1. The molecule has 2 N–H and O–H groups in total. The van der Waals surface area contributed by atoms with Gasteiger partial charge in [0.15, 0.2) is 0 Å². The van der Waals surface area contributed by atoms with Gasteiger partial charge in [0.05, 0.1) is 5.52 Å². The molecule has 0 saturated heterocycles. The van der Waals surface area contributed by atoms with Gasteiger partial charge in [-0.1, -0.05) is 6.07 Å². The van der Waals surface area contributed by atoms with E-state index in [-0.39, 0.29) is 12.4 Å². The Morgan fingerprint density at radius 2 is 2.16 bits per heavy atom. The summed E-state index contributed by atoms with van der Waals surface area (Å²) in [5.41, 5.74) is 6.68. The monoisotopic (exact) mass is 275 g/mol. The van der Waals surface area contributed by atoms with Crippen LogP contribution in [0.1, 0.15) is 5.56 Å². The smallest absolute Gasteiger partial charge is 0.240 e. The van der Waals surface area contributed by atoms with Gasteiger partial charge < -0.3 is 10.5 Å². The van der Waals surface area contributed by atoms with Gasteiger partial charge in [0.2, 0.25) is 5.88 Å². The number of ether oxygens (including phenoxy) is 1. The molecule has 0 unspecified atom stereocenters. The van der Waals surface area contributed by atoms with Crippen molar-refractivity contribution in [3.05, 3.63) is 47.4 Å². The van der Waals surface area contributed by atoms with Crippen LogP contribution in [-0.4, -0.2) is 9.97 Å². The van der Waals surface area contributed by atoms with E-state index in [0.717, 1.165) is 10.2 Å². The summed E-state index contributed by atoms with van der Waals surface area (Å²) >= 11 is 1.48. The maximum absolute atomic E-state index is 13.6. The van der Waals surface area contributed by atoms with Gasteiger partial charge in [0.25, 0.3) is 0 Å². The van der Waals surface area contributed by atoms with Gasteiger partial charge in [0, 0.05) is 18.2 Å². The molecule has 0 radical (unpaired) electrons. The second-order valence-corrected chi connectivity index (χ2v) is 4.79. The summed E-state index contributed by atoms with van der Waals surface area (Å²) in [7, 11) is 0. The molecule has 2 heterocycles. The van der Waals surface area contributed by atoms with Gasteiger partial charge in [-0.05, 0) is 17.5 Å². The highest BCUT2D eigenvalue weighted by Gasteiger charge is 2.09. The molecule has 3 rings (SSSR count). The van der Waals surface area contributed by atoms with E-state index < -0.39 is 0 Å². The fraction of sp³-hybridized carbons (Fsp3) is 0.0769. The lowest BCUT2D eigenvalue weighted by Gasteiger charge is -2.06. The maximum Gasteiger partial charge on any atom is 0.240 e. The van der Waals surface area contributed by atoms with E-state index in [1.807, 2.05) is 11.4 Å². The molecule has 0 aliphatic carbocycles. The Balaban J connectivity index is 1.97. The van der Waals surface area contributed by atoms with Gasteiger partial charge in [-0.15, -0.1) is 11.3 Å². The van der Waals surface area contributed by atoms with Crippen LogP contribution in [0.5, 0.6) is 11.6 Å². The molecule has 0 spiro atoms. The molecule has 2 aromatic heterocycles. The van der Waals surface area contributed by atoms with Crippen LogP contribution in [0.3, 0.4) is 0 Å². The molecule has 96 valence electrons. The number of nitrogens with zero attached hydrogens (tertiary/aromatic N) is 2. The van der Waals surface area contributed by atoms with Crippen molar-refractivity contribution in [1.82, 2.24) is 9.97 Å². The third-order valence-electron chi connectivity index (χ3n) is 2.67. The molecule has 1 aromatic carbocycles. The van der Waals surface area contributed by atoms with Crippen molar-refractivity contribution in [1.29, 1.82) is 0 Å². The van der Waals surface area contributed by atoms with Gasteiger partial charge >= 0.3 is 0 Å². The number of rotatable bonds is 3. The second-order valence-electron chi connectivity index (χ2n) is 3.87. The third kappa shape index (κ3) is 2.27. The van der Waals surface area contributed by atoms with Crippen molar-refractivity contribution in [2.24, 2.45) is 5.73 Å². The minimum Gasteiger partial charge on any atom is -0.437 e. The van der Waals surface area contributed by atoms with Crippen LogP contribution < -0.4 is 10.5 Å². The van der Waals surface area contributed by atoms with Crippen molar-refractivity contribution in [2.75, 3.05) is 0 Å². The zero-order valence-electron chi connectivity index (χ0n) is 9.84. The average Bonchev–Trinajstić information content (AvgIpc) is 2.88. The van der Waals surface area contributed by atoms with Crippen LogP contribution >= 0.6 is 11.3 Å². The van der Waals surface area contributed by atoms with Gasteiger partial charge in [-0.3, -0.25) is 0 Å². The summed E-state index contributed by atoms with van der Waals surface area (Å²) in [6.07, 6.45) is 1.43. The van der Waals surface area contributed by atoms with Crippen LogP contribution in [-0.2, 0) is 6.54 Å². The average molecular weight is 275 g/mol. The summed E-state index contributed by atoms with van der Waals surface area (Å²) in [5.74, 6) is 0.444. The van der Waals surface area contributed by atoms with Crippen LogP contribution in [0.25, 0.3) is 10.2 Å². The number of halogens is 1. The second kappa shape index (κ2) is 4.91. The summed E-state index contributed by atoms with van der Waals surface area (Å²) in [4.78, 5) is 8.19. The Hall–Kier alpha value is -2.05. The molecule has 6 heteroatoms. The molecule has 0 aliphatic heterocycles. The first-order chi connectivity index (χ1) is 9.28. The number of thiophene rings is 1. The first kappa shape index (κ1) is 12.0. The van der Waals surface area contributed by atoms with E-state index in [9.17, 15) is 4.39 Å². The highest BCUT2D eigenvalue weighted by molar-refractivity contribution is 7.17. The van der Waals surface area contributed by atoms with Crippen molar-refractivity contribution in [3.63, 3.8) is 0 Å². The van der Waals surface area contributed by atoms with Crippen LogP contribution in [0.15, 0.2) is 36.0 Å². The molecule has 0 aliphatic rings. The number of benzene rings is 1. The molecule has 4 nitrogen and oxygen atoms in total. The van der Waals surface area contributed by atoms with Crippen LogP contribution in [0.4, 0.5) is 4.39 Å². The van der Waals surface area contributed by atoms with E-state index in [0.29, 0.717) is 17.2 Å². The minimum atomic E-state index is -0.378. The lowest BCUT2D eigenvalue weighted by molar-refractivity contribution is 0.463. The normalized spacial score (nSPS) is 10.8. The predicted molar refractivity (Wildman–Crippen MR) is 71.8 cm³/mol. The summed E-state index contributed by atoms with van der Waals surface area (Å²) < 4.78 is 20.1. The molecule has 19 heavy (non-hydrogen) atoms. The predicted octanol–water partition coefficient (Wildman–Crippen LogP) is 3.08. The SMILES string of the molecule is NCc1ccc(Oc2ncnc3ccsc23)cc1F. The summed E-state index contributed by atoms with van der Waals surface area (Å²) in [6, 6.07) is 6.47. The fourth-order valence-electron chi connectivity index (χ4n) is 1.71. The first-order valence-electron chi connectivity index (χ1n) is 5.62. The largest absolute Gasteiger partial charge is 0.437 e. The Labute approximate surface area is 112 Å². The number of aromatic nitrogens is 2. The lowest BCUT2D eigenvalue weighted by Crippen LogP contribution is -1.99. The van der Waals surface area contributed by atoms with E-state index in [2.05, 4.69) is 9.97 Å². The van der Waals surface area contributed by atoms with E-state index in [1.165, 1.54) is 23.7 Å².